The second kappa shape index (κ2) is 5.24. The minimum absolute atomic E-state index is 0.00173. The van der Waals surface area contributed by atoms with Crippen LogP contribution < -0.4 is 5.32 Å². The third-order valence-corrected chi connectivity index (χ3v) is 4.90. The Bertz CT molecular complexity index is 559. The molecule has 0 aromatic carbocycles. The lowest BCUT2D eigenvalue weighted by atomic mass is 10.1. The molecule has 0 spiro atoms. The van der Waals surface area contributed by atoms with Crippen LogP contribution in [0.3, 0.4) is 0 Å². The molecule has 0 radical (unpaired) electrons. The van der Waals surface area contributed by atoms with Gasteiger partial charge in [-0.1, -0.05) is 11.6 Å². The zero-order valence-corrected chi connectivity index (χ0v) is 11.2. The molecule has 18 heavy (non-hydrogen) atoms. The lowest BCUT2D eigenvalue weighted by molar-refractivity contribution is 0.0943. The van der Waals surface area contributed by atoms with Crippen molar-refractivity contribution in [1.82, 2.24) is 10.3 Å². The van der Waals surface area contributed by atoms with Gasteiger partial charge in [0.2, 0.25) is 0 Å². The van der Waals surface area contributed by atoms with E-state index in [0.717, 1.165) is 0 Å². The quantitative estimate of drug-likeness (QED) is 0.896. The average Bonchev–Trinajstić information content (AvgIpc) is 2.66. The van der Waals surface area contributed by atoms with Gasteiger partial charge in [0.05, 0.1) is 11.5 Å². The molecule has 1 fully saturated rings. The Kier molecular flexibility index (Phi) is 3.87. The number of pyridine rings is 1. The molecule has 0 aliphatic carbocycles. The molecule has 1 aliphatic heterocycles. The van der Waals surface area contributed by atoms with Crippen molar-refractivity contribution in [3.63, 3.8) is 0 Å². The molecule has 1 amide bonds. The maximum atomic E-state index is 11.7. The normalized spacial score (nSPS) is 21.7. The first-order valence-electron chi connectivity index (χ1n) is 5.56. The Morgan fingerprint density at radius 1 is 1.56 bits per heavy atom. The molecular weight excluding hydrogens is 276 g/mol. The molecule has 1 atom stereocenters. The van der Waals surface area contributed by atoms with E-state index in [1.807, 2.05) is 0 Å². The predicted octanol–water partition coefficient (Wildman–Crippen LogP) is 0.900. The number of hydrogen-bond acceptors (Lipinski definition) is 4. The summed E-state index contributed by atoms with van der Waals surface area (Å²) in [6.45, 7) is 0.353. The second-order valence-corrected chi connectivity index (χ2v) is 7.00. The number of halogens is 1. The van der Waals surface area contributed by atoms with Gasteiger partial charge in [0.25, 0.3) is 5.91 Å². The summed E-state index contributed by atoms with van der Waals surface area (Å²) in [5, 5.41) is 3.12. The minimum Gasteiger partial charge on any atom is -0.350 e. The fraction of sp³-hybridized carbons (Fsp3) is 0.455. The van der Waals surface area contributed by atoms with Crippen LogP contribution in [0, 0.1) is 5.92 Å². The van der Waals surface area contributed by atoms with Crippen LogP contribution in [0.25, 0.3) is 0 Å². The summed E-state index contributed by atoms with van der Waals surface area (Å²) >= 11 is 5.75. The number of rotatable bonds is 3. The van der Waals surface area contributed by atoms with Crippen LogP contribution in [0.4, 0.5) is 0 Å². The van der Waals surface area contributed by atoms with E-state index in [1.54, 1.807) is 6.07 Å². The monoisotopic (exact) mass is 288 g/mol. The molecule has 0 saturated carbocycles. The Labute approximate surface area is 110 Å². The lowest BCUT2D eigenvalue weighted by Crippen LogP contribution is -2.30. The van der Waals surface area contributed by atoms with Crippen LogP contribution in [-0.4, -0.2) is 37.4 Å². The van der Waals surface area contributed by atoms with Gasteiger partial charge in [-0.15, -0.1) is 0 Å². The fourth-order valence-electron chi connectivity index (χ4n) is 1.89. The largest absolute Gasteiger partial charge is 0.350 e. The second-order valence-electron chi connectivity index (χ2n) is 4.34. The minimum atomic E-state index is -2.90. The van der Waals surface area contributed by atoms with Crippen LogP contribution in [0.2, 0.25) is 5.02 Å². The molecule has 1 N–H and O–H groups in total. The molecule has 7 heteroatoms. The van der Waals surface area contributed by atoms with Crippen LogP contribution in [0.5, 0.6) is 0 Å². The molecule has 1 aliphatic rings. The maximum Gasteiger partial charge on any atom is 0.269 e. The zero-order valence-electron chi connectivity index (χ0n) is 9.60. The molecule has 1 aromatic heterocycles. The first kappa shape index (κ1) is 13.3. The lowest BCUT2D eigenvalue weighted by Gasteiger charge is -2.09. The third-order valence-electron chi connectivity index (χ3n) is 2.83. The van der Waals surface area contributed by atoms with E-state index >= 15 is 0 Å². The van der Waals surface area contributed by atoms with Gasteiger partial charge in [-0.05, 0) is 24.5 Å². The van der Waals surface area contributed by atoms with Crippen molar-refractivity contribution in [3.8, 4) is 0 Å². The van der Waals surface area contributed by atoms with Crippen molar-refractivity contribution < 1.29 is 13.2 Å². The third kappa shape index (κ3) is 3.43. The van der Waals surface area contributed by atoms with Crippen molar-refractivity contribution in [3.05, 3.63) is 29.0 Å². The highest BCUT2D eigenvalue weighted by atomic mass is 35.5. The summed E-state index contributed by atoms with van der Waals surface area (Å²) in [6, 6.07) is 3.06. The van der Waals surface area contributed by atoms with Crippen LogP contribution in [-0.2, 0) is 9.84 Å². The molecule has 5 nitrogen and oxygen atoms in total. The summed E-state index contributed by atoms with van der Waals surface area (Å²) in [5.41, 5.74) is 0.239. The highest BCUT2D eigenvalue weighted by molar-refractivity contribution is 7.91. The van der Waals surface area contributed by atoms with E-state index < -0.39 is 9.84 Å². The summed E-state index contributed by atoms with van der Waals surface area (Å²) in [5.74, 6) is 0.0269. The van der Waals surface area contributed by atoms with Crippen molar-refractivity contribution in [2.75, 3.05) is 18.1 Å². The van der Waals surface area contributed by atoms with Gasteiger partial charge in [0.15, 0.2) is 9.84 Å². The smallest absolute Gasteiger partial charge is 0.269 e. The van der Waals surface area contributed by atoms with E-state index in [0.29, 0.717) is 18.0 Å². The van der Waals surface area contributed by atoms with Gasteiger partial charge >= 0.3 is 0 Å². The molecular formula is C11H13ClN2O3S. The highest BCUT2D eigenvalue weighted by Crippen LogP contribution is 2.17. The first-order valence-corrected chi connectivity index (χ1v) is 7.76. The maximum absolute atomic E-state index is 11.7. The van der Waals surface area contributed by atoms with Crippen molar-refractivity contribution in [2.24, 2.45) is 5.92 Å². The van der Waals surface area contributed by atoms with Gasteiger partial charge in [-0.3, -0.25) is 9.78 Å². The Morgan fingerprint density at radius 2 is 2.33 bits per heavy atom. The van der Waals surface area contributed by atoms with E-state index in [9.17, 15) is 13.2 Å². The zero-order chi connectivity index (χ0) is 13.2. The summed E-state index contributed by atoms with van der Waals surface area (Å²) < 4.78 is 22.5. The highest BCUT2D eigenvalue weighted by Gasteiger charge is 2.28. The van der Waals surface area contributed by atoms with Gasteiger partial charge in [0, 0.05) is 17.8 Å². The van der Waals surface area contributed by atoms with Crippen molar-refractivity contribution in [1.29, 1.82) is 0 Å². The molecule has 2 rings (SSSR count). The van der Waals surface area contributed by atoms with Crippen molar-refractivity contribution in [2.45, 2.75) is 6.42 Å². The molecule has 1 saturated heterocycles. The topological polar surface area (TPSA) is 76.1 Å². The van der Waals surface area contributed by atoms with E-state index in [4.69, 9.17) is 11.6 Å². The molecule has 1 unspecified atom stereocenters. The Hall–Kier alpha value is -1.14. The van der Waals surface area contributed by atoms with Crippen LogP contribution in [0.15, 0.2) is 18.3 Å². The molecule has 0 bridgehead atoms. The number of hydrogen-bond donors (Lipinski definition) is 1. The number of nitrogens with one attached hydrogen (secondary N) is 1. The van der Waals surface area contributed by atoms with Gasteiger partial charge in [-0.2, -0.15) is 0 Å². The summed E-state index contributed by atoms with van der Waals surface area (Å²) in [4.78, 5) is 15.6. The summed E-state index contributed by atoms with van der Waals surface area (Å²) in [6.07, 6.45) is 2.06. The molecule has 1 aromatic rings. The SMILES string of the molecule is O=C(NCC1CCS(=O)(=O)C1)c1cc(Cl)ccn1. The first-order chi connectivity index (χ1) is 8.46. The fourth-order valence-corrected chi connectivity index (χ4v) is 3.91. The number of carbonyl (C=O) groups excluding carboxylic acids is 1. The van der Waals surface area contributed by atoms with E-state index in [2.05, 4.69) is 10.3 Å². The summed E-state index contributed by atoms with van der Waals surface area (Å²) in [7, 11) is -2.90. The van der Waals surface area contributed by atoms with E-state index in [-0.39, 0.29) is 29.0 Å². The van der Waals surface area contributed by atoms with Crippen molar-refractivity contribution >= 4 is 27.3 Å². The van der Waals surface area contributed by atoms with Crippen LogP contribution in [0.1, 0.15) is 16.9 Å². The molecule has 98 valence electrons. The number of aromatic nitrogens is 1. The van der Waals surface area contributed by atoms with Crippen LogP contribution >= 0.6 is 11.6 Å². The number of amides is 1. The number of carbonyl (C=O) groups is 1. The number of nitrogens with zero attached hydrogens (tertiary/aromatic N) is 1. The van der Waals surface area contributed by atoms with Gasteiger partial charge < -0.3 is 5.32 Å². The average molecular weight is 289 g/mol. The Morgan fingerprint density at radius 3 is 2.94 bits per heavy atom. The van der Waals surface area contributed by atoms with Gasteiger partial charge in [0.1, 0.15) is 5.69 Å². The Balaban J connectivity index is 1.90. The predicted molar refractivity (Wildman–Crippen MR) is 68.3 cm³/mol. The molecule has 2 heterocycles. The van der Waals surface area contributed by atoms with E-state index in [1.165, 1.54) is 12.3 Å². The number of sulfone groups is 1. The standard InChI is InChI=1S/C11H13ClN2O3S/c12-9-1-3-13-10(5-9)11(15)14-6-8-2-4-18(16,17)7-8/h1,3,5,8H,2,4,6-7H2,(H,14,15). The van der Waals surface area contributed by atoms with Gasteiger partial charge in [-0.25, -0.2) is 8.42 Å².